The van der Waals surface area contributed by atoms with E-state index in [-0.39, 0.29) is 30.0 Å². The average Bonchev–Trinajstić information content (AvgIpc) is 2.99. The molecule has 3 rings (SSSR count). The van der Waals surface area contributed by atoms with Crippen LogP contribution in [-0.4, -0.2) is 28.9 Å². The summed E-state index contributed by atoms with van der Waals surface area (Å²) >= 11 is 1.51. The Morgan fingerprint density at radius 3 is 2.60 bits per heavy atom. The lowest BCUT2D eigenvalue weighted by Crippen LogP contribution is -2.39. The van der Waals surface area contributed by atoms with E-state index in [2.05, 4.69) is 15.2 Å². The summed E-state index contributed by atoms with van der Waals surface area (Å²) < 4.78 is 12.9. The van der Waals surface area contributed by atoms with Crippen LogP contribution in [0.1, 0.15) is 23.3 Å². The molecule has 0 saturated carbocycles. The van der Waals surface area contributed by atoms with Gasteiger partial charge >= 0.3 is 0 Å². The molecule has 1 aliphatic heterocycles. The first-order valence-electron chi connectivity index (χ1n) is 8.05. The highest BCUT2D eigenvalue weighted by molar-refractivity contribution is 7.15. The monoisotopic (exact) mass is 384 g/mol. The van der Waals surface area contributed by atoms with E-state index in [0.717, 1.165) is 42.9 Å². The number of hydrogen-bond donors (Lipinski definition) is 2. The number of carbonyl (C=O) groups is 1. The Kier molecular flexibility index (Phi) is 7.16. The predicted octanol–water partition coefficient (Wildman–Crippen LogP) is 2.81. The third-order valence-corrected chi connectivity index (χ3v) is 5.10. The minimum Gasteiger partial charge on any atom is -0.375 e. The average molecular weight is 385 g/mol. The highest BCUT2D eigenvalue weighted by Gasteiger charge is 2.25. The van der Waals surface area contributed by atoms with E-state index in [0.29, 0.717) is 11.7 Å². The van der Waals surface area contributed by atoms with Crippen molar-refractivity contribution in [2.24, 2.45) is 5.92 Å². The van der Waals surface area contributed by atoms with Gasteiger partial charge in [0.25, 0.3) is 0 Å². The lowest BCUT2D eigenvalue weighted by atomic mass is 9.96. The maximum Gasteiger partial charge on any atom is 0.223 e. The Hall–Kier alpha value is -1.70. The van der Waals surface area contributed by atoms with Crippen LogP contribution in [0.3, 0.4) is 0 Å². The molecule has 25 heavy (non-hydrogen) atoms. The van der Waals surface area contributed by atoms with Crippen molar-refractivity contribution >= 4 is 34.8 Å². The number of piperidine rings is 1. The second-order valence-electron chi connectivity index (χ2n) is 6.06. The van der Waals surface area contributed by atoms with Crippen LogP contribution in [0.15, 0.2) is 30.5 Å². The van der Waals surface area contributed by atoms with Gasteiger partial charge in [0.15, 0.2) is 5.13 Å². The van der Waals surface area contributed by atoms with Crippen molar-refractivity contribution in [3.8, 4) is 0 Å². The Bertz CT molecular complexity index is 686. The maximum atomic E-state index is 12.9. The van der Waals surface area contributed by atoms with Crippen molar-refractivity contribution in [1.29, 1.82) is 0 Å². The van der Waals surface area contributed by atoms with Gasteiger partial charge in [-0.3, -0.25) is 9.69 Å². The Labute approximate surface area is 156 Å². The van der Waals surface area contributed by atoms with Crippen LogP contribution < -0.4 is 11.1 Å². The van der Waals surface area contributed by atoms with Gasteiger partial charge in [-0.2, -0.15) is 0 Å². The largest absolute Gasteiger partial charge is 0.375 e. The van der Waals surface area contributed by atoms with Gasteiger partial charge in [-0.05, 0) is 43.6 Å². The summed E-state index contributed by atoms with van der Waals surface area (Å²) in [5, 5.41) is 3.55. The molecule has 0 radical (unpaired) electrons. The van der Waals surface area contributed by atoms with Crippen LogP contribution in [-0.2, 0) is 17.9 Å². The predicted molar refractivity (Wildman–Crippen MR) is 100 cm³/mol. The molecule has 1 aromatic carbocycles. The highest BCUT2D eigenvalue weighted by atomic mass is 35.5. The van der Waals surface area contributed by atoms with E-state index in [4.69, 9.17) is 5.73 Å². The van der Waals surface area contributed by atoms with Gasteiger partial charge in [0.05, 0.1) is 0 Å². The third kappa shape index (κ3) is 5.66. The first-order chi connectivity index (χ1) is 11.6. The zero-order valence-electron chi connectivity index (χ0n) is 13.8. The van der Waals surface area contributed by atoms with Gasteiger partial charge in [-0.15, -0.1) is 23.7 Å². The van der Waals surface area contributed by atoms with Gasteiger partial charge in [-0.1, -0.05) is 12.1 Å². The number of anilines is 1. The smallest absolute Gasteiger partial charge is 0.223 e. The van der Waals surface area contributed by atoms with Gasteiger partial charge < -0.3 is 11.1 Å². The van der Waals surface area contributed by atoms with Crippen LogP contribution in [0.5, 0.6) is 0 Å². The number of likely N-dealkylation sites (tertiary alicyclic amines) is 1. The van der Waals surface area contributed by atoms with E-state index in [1.54, 1.807) is 12.1 Å². The molecule has 0 bridgehead atoms. The second kappa shape index (κ2) is 9.12. The van der Waals surface area contributed by atoms with E-state index in [1.807, 2.05) is 6.20 Å². The molecule has 0 atom stereocenters. The molecule has 2 heterocycles. The van der Waals surface area contributed by atoms with E-state index >= 15 is 0 Å². The quantitative estimate of drug-likeness (QED) is 0.831. The number of benzene rings is 1. The standard InChI is InChI=1S/C17H21FN4OS.ClH/c18-14-3-1-12(2-4-14)9-20-16(23)13-5-7-22(8-6-13)11-15-10-21-17(19)24-15;/h1-4,10,13H,5-9,11H2,(H2,19,21)(H,20,23);1H. The number of nitrogens with one attached hydrogen (secondary N) is 1. The summed E-state index contributed by atoms with van der Waals surface area (Å²) in [6, 6.07) is 6.20. The number of rotatable bonds is 5. The fraction of sp³-hybridized carbons (Fsp3) is 0.412. The van der Waals surface area contributed by atoms with Gasteiger partial charge in [0, 0.05) is 30.1 Å². The van der Waals surface area contributed by atoms with E-state index in [9.17, 15) is 9.18 Å². The number of amides is 1. The van der Waals surface area contributed by atoms with Crippen molar-refractivity contribution in [1.82, 2.24) is 15.2 Å². The Morgan fingerprint density at radius 1 is 1.32 bits per heavy atom. The number of thiazole rings is 1. The van der Waals surface area contributed by atoms with Crippen LogP contribution in [0.25, 0.3) is 0 Å². The molecular weight excluding hydrogens is 363 g/mol. The zero-order chi connectivity index (χ0) is 16.9. The normalized spacial score (nSPS) is 15.6. The number of carbonyl (C=O) groups excluding carboxylic acids is 1. The molecule has 1 fully saturated rings. The minimum atomic E-state index is -0.264. The molecule has 1 saturated heterocycles. The SMILES string of the molecule is Cl.Nc1ncc(CN2CCC(C(=O)NCc3ccc(F)cc3)CC2)s1. The summed E-state index contributed by atoms with van der Waals surface area (Å²) in [4.78, 5) is 19.8. The van der Waals surface area contributed by atoms with Crippen molar-refractivity contribution in [2.45, 2.75) is 25.9 Å². The first-order valence-corrected chi connectivity index (χ1v) is 8.86. The number of hydrogen-bond acceptors (Lipinski definition) is 5. The lowest BCUT2D eigenvalue weighted by Gasteiger charge is -2.30. The van der Waals surface area contributed by atoms with E-state index < -0.39 is 0 Å². The fourth-order valence-electron chi connectivity index (χ4n) is 2.91. The van der Waals surface area contributed by atoms with Crippen LogP contribution in [0.2, 0.25) is 0 Å². The molecule has 0 spiro atoms. The summed E-state index contributed by atoms with van der Waals surface area (Å²) in [5.74, 6) is -0.130. The topological polar surface area (TPSA) is 71.2 Å². The van der Waals surface area contributed by atoms with Crippen molar-refractivity contribution < 1.29 is 9.18 Å². The number of nitrogens with two attached hydrogens (primary N) is 1. The van der Waals surface area contributed by atoms with Crippen LogP contribution in [0.4, 0.5) is 9.52 Å². The van der Waals surface area contributed by atoms with Gasteiger partial charge in [0.1, 0.15) is 5.82 Å². The molecule has 1 amide bonds. The third-order valence-electron chi connectivity index (χ3n) is 4.29. The molecule has 0 aliphatic carbocycles. The Balaban J connectivity index is 0.00000225. The molecule has 1 aliphatic rings. The highest BCUT2D eigenvalue weighted by Crippen LogP contribution is 2.22. The molecule has 136 valence electrons. The van der Waals surface area contributed by atoms with Crippen molar-refractivity contribution in [3.63, 3.8) is 0 Å². The molecule has 0 unspecified atom stereocenters. The zero-order valence-corrected chi connectivity index (χ0v) is 15.4. The van der Waals surface area contributed by atoms with Crippen molar-refractivity contribution in [2.75, 3.05) is 18.8 Å². The number of nitrogens with zero attached hydrogens (tertiary/aromatic N) is 2. The van der Waals surface area contributed by atoms with E-state index in [1.165, 1.54) is 23.5 Å². The van der Waals surface area contributed by atoms with Gasteiger partial charge in [-0.25, -0.2) is 9.37 Å². The molecule has 3 N–H and O–H groups in total. The second-order valence-corrected chi connectivity index (χ2v) is 7.21. The molecular formula is C17H22ClFN4OS. The van der Waals surface area contributed by atoms with Crippen LogP contribution >= 0.6 is 23.7 Å². The maximum absolute atomic E-state index is 12.9. The number of nitrogen functional groups attached to an aromatic ring is 1. The molecule has 5 nitrogen and oxygen atoms in total. The van der Waals surface area contributed by atoms with Crippen molar-refractivity contribution in [3.05, 3.63) is 46.7 Å². The van der Waals surface area contributed by atoms with Gasteiger partial charge in [0.2, 0.25) is 5.91 Å². The first kappa shape index (κ1) is 19.6. The lowest BCUT2D eigenvalue weighted by molar-refractivity contribution is -0.126. The van der Waals surface area contributed by atoms with Crippen LogP contribution in [0, 0.1) is 11.7 Å². The summed E-state index contributed by atoms with van der Waals surface area (Å²) in [6.07, 6.45) is 3.52. The number of halogens is 2. The number of aromatic nitrogens is 1. The minimum absolute atomic E-state index is 0. The summed E-state index contributed by atoms with van der Waals surface area (Å²) in [6.45, 7) is 3.08. The molecule has 8 heteroatoms. The fourth-order valence-corrected chi connectivity index (χ4v) is 3.63. The molecule has 2 aromatic rings. The Morgan fingerprint density at radius 2 is 2.00 bits per heavy atom. The summed E-state index contributed by atoms with van der Waals surface area (Å²) in [5.41, 5.74) is 6.56. The molecule has 1 aromatic heterocycles. The summed E-state index contributed by atoms with van der Waals surface area (Å²) in [7, 11) is 0.